The van der Waals surface area contributed by atoms with Crippen molar-refractivity contribution in [3.63, 3.8) is 0 Å². The van der Waals surface area contributed by atoms with Crippen molar-refractivity contribution in [2.75, 3.05) is 6.54 Å². The molecule has 3 heteroatoms. The minimum atomic E-state index is 0.832. The molecule has 0 aromatic heterocycles. The van der Waals surface area contributed by atoms with Crippen molar-refractivity contribution >= 4 is 22.6 Å². The SMILES string of the molecule is CC(C)C1CCN(SS)C2CCCC12. The lowest BCUT2D eigenvalue weighted by Crippen LogP contribution is -2.43. The van der Waals surface area contributed by atoms with E-state index in [4.69, 9.17) is 0 Å². The van der Waals surface area contributed by atoms with Crippen molar-refractivity contribution in [2.45, 2.75) is 45.6 Å². The molecule has 1 aliphatic carbocycles. The molecule has 82 valence electrons. The Labute approximate surface area is 97.0 Å². The van der Waals surface area contributed by atoms with Crippen molar-refractivity contribution in [1.82, 2.24) is 4.31 Å². The first kappa shape index (κ1) is 11.2. The maximum Gasteiger partial charge on any atom is 0.0241 e. The molecule has 3 atom stereocenters. The van der Waals surface area contributed by atoms with Gasteiger partial charge in [0.05, 0.1) is 0 Å². The van der Waals surface area contributed by atoms with E-state index in [2.05, 4.69) is 29.8 Å². The first-order chi connectivity index (χ1) is 6.74. The summed E-state index contributed by atoms with van der Waals surface area (Å²) >= 11 is 4.37. The Morgan fingerprint density at radius 3 is 2.71 bits per heavy atom. The number of hydrogen-bond donors (Lipinski definition) is 1. The molecule has 1 heterocycles. The van der Waals surface area contributed by atoms with Crippen molar-refractivity contribution in [3.8, 4) is 0 Å². The smallest absolute Gasteiger partial charge is 0.0241 e. The van der Waals surface area contributed by atoms with Gasteiger partial charge < -0.3 is 0 Å². The standard InChI is InChI=1S/C11H21NS2/c1-8(2)9-6-7-12(14-13)11-5-3-4-10(9)11/h8-11,13H,3-7H2,1-2H3. The van der Waals surface area contributed by atoms with Crippen LogP contribution >= 0.6 is 22.6 Å². The Morgan fingerprint density at radius 1 is 1.29 bits per heavy atom. The number of piperidine rings is 1. The van der Waals surface area contributed by atoms with Gasteiger partial charge in [-0.15, -0.1) is 0 Å². The van der Waals surface area contributed by atoms with Crippen molar-refractivity contribution < 1.29 is 0 Å². The molecule has 0 bridgehead atoms. The normalized spacial score (nSPS) is 39.0. The van der Waals surface area contributed by atoms with E-state index in [9.17, 15) is 0 Å². The summed E-state index contributed by atoms with van der Waals surface area (Å²) in [5.41, 5.74) is 0. The van der Waals surface area contributed by atoms with Gasteiger partial charge >= 0.3 is 0 Å². The second-order valence-electron chi connectivity index (χ2n) is 5.08. The minimum Gasteiger partial charge on any atom is -0.238 e. The summed E-state index contributed by atoms with van der Waals surface area (Å²) in [6, 6.07) is 0.832. The molecule has 14 heavy (non-hydrogen) atoms. The summed E-state index contributed by atoms with van der Waals surface area (Å²) in [5.74, 6) is 2.80. The van der Waals surface area contributed by atoms with Gasteiger partial charge in [0.25, 0.3) is 0 Å². The molecule has 3 unspecified atom stereocenters. The van der Waals surface area contributed by atoms with Gasteiger partial charge in [0.2, 0.25) is 0 Å². The van der Waals surface area contributed by atoms with E-state index in [-0.39, 0.29) is 0 Å². The molecule has 0 aromatic rings. The highest BCUT2D eigenvalue weighted by Crippen LogP contribution is 2.45. The molecule has 0 spiro atoms. The zero-order valence-corrected chi connectivity index (χ0v) is 10.9. The quantitative estimate of drug-likeness (QED) is 0.439. The fourth-order valence-electron chi connectivity index (χ4n) is 3.41. The van der Waals surface area contributed by atoms with Crippen molar-refractivity contribution in [2.24, 2.45) is 17.8 Å². The van der Waals surface area contributed by atoms with Crippen LogP contribution in [-0.2, 0) is 0 Å². The molecule has 0 N–H and O–H groups in total. The second-order valence-corrected chi connectivity index (χ2v) is 6.20. The number of hydrogen-bond acceptors (Lipinski definition) is 3. The summed E-state index contributed by atoms with van der Waals surface area (Å²) in [5, 5.41) is 0. The van der Waals surface area contributed by atoms with Crippen LogP contribution in [-0.4, -0.2) is 16.9 Å². The summed E-state index contributed by atoms with van der Waals surface area (Å²) < 4.78 is 2.51. The van der Waals surface area contributed by atoms with Crippen LogP contribution in [0.5, 0.6) is 0 Å². The third-order valence-corrected chi connectivity index (χ3v) is 5.39. The Kier molecular flexibility index (Phi) is 3.72. The predicted octanol–water partition coefficient (Wildman–Crippen LogP) is 3.63. The van der Waals surface area contributed by atoms with Crippen LogP contribution < -0.4 is 0 Å². The molecule has 1 aliphatic heterocycles. The molecule has 2 rings (SSSR count). The van der Waals surface area contributed by atoms with Crippen LogP contribution in [0, 0.1) is 17.8 Å². The van der Waals surface area contributed by atoms with Crippen molar-refractivity contribution in [3.05, 3.63) is 0 Å². The van der Waals surface area contributed by atoms with Gasteiger partial charge in [0, 0.05) is 12.6 Å². The molecule has 1 saturated carbocycles. The van der Waals surface area contributed by atoms with Gasteiger partial charge in [-0.05, 0) is 48.0 Å². The number of thiol groups is 1. The molecule has 2 aliphatic rings. The second kappa shape index (κ2) is 4.67. The summed E-state index contributed by atoms with van der Waals surface area (Å²) in [6.07, 6.45) is 5.68. The Balaban J connectivity index is 2.07. The van der Waals surface area contributed by atoms with Gasteiger partial charge in [-0.25, -0.2) is 4.31 Å². The van der Waals surface area contributed by atoms with Gasteiger partial charge in [0.1, 0.15) is 0 Å². The molecular weight excluding hydrogens is 210 g/mol. The Bertz CT molecular complexity index is 196. The average Bonchev–Trinajstić information content (AvgIpc) is 2.64. The lowest BCUT2D eigenvalue weighted by Gasteiger charge is -2.42. The predicted molar refractivity (Wildman–Crippen MR) is 67.4 cm³/mol. The lowest BCUT2D eigenvalue weighted by atomic mass is 9.76. The molecule has 0 amide bonds. The van der Waals surface area contributed by atoms with Gasteiger partial charge in [-0.1, -0.05) is 31.9 Å². The number of rotatable bonds is 2. The van der Waals surface area contributed by atoms with Gasteiger partial charge in [-0.3, -0.25) is 0 Å². The van der Waals surface area contributed by atoms with Crippen LogP contribution in [0.15, 0.2) is 0 Å². The van der Waals surface area contributed by atoms with Crippen LogP contribution in [0.4, 0.5) is 0 Å². The van der Waals surface area contributed by atoms with Crippen LogP contribution in [0.1, 0.15) is 39.5 Å². The zero-order chi connectivity index (χ0) is 10.1. The molecule has 0 radical (unpaired) electrons. The topological polar surface area (TPSA) is 3.24 Å². The van der Waals surface area contributed by atoms with Gasteiger partial charge in [-0.2, -0.15) is 0 Å². The summed E-state index contributed by atoms with van der Waals surface area (Å²) in [7, 11) is 1.66. The largest absolute Gasteiger partial charge is 0.238 e. The van der Waals surface area contributed by atoms with E-state index in [0.717, 1.165) is 23.8 Å². The van der Waals surface area contributed by atoms with Crippen LogP contribution in [0.25, 0.3) is 0 Å². The fourth-order valence-corrected chi connectivity index (χ4v) is 4.59. The summed E-state index contributed by atoms with van der Waals surface area (Å²) in [4.78, 5) is 0. The third-order valence-electron chi connectivity index (χ3n) is 4.10. The van der Waals surface area contributed by atoms with E-state index < -0.39 is 0 Å². The highest BCUT2D eigenvalue weighted by Gasteiger charge is 2.41. The van der Waals surface area contributed by atoms with Crippen molar-refractivity contribution in [1.29, 1.82) is 0 Å². The van der Waals surface area contributed by atoms with Crippen LogP contribution in [0.2, 0.25) is 0 Å². The zero-order valence-electron chi connectivity index (χ0n) is 9.15. The molecular formula is C11H21NS2. The monoisotopic (exact) mass is 231 g/mol. The van der Waals surface area contributed by atoms with E-state index in [0.29, 0.717) is 0 Å². The van der Waals surface area contributed by atoms with Gasteiger partial charge in [0.15, 0.2) is 0 Å². The number of nitrogens with zero attached hydrogens (tertiary/aromatic N) is 1. The Hall–Kier alpha value is 0.660. The molecule has 1 saturated heterocycles. The number of fused-ring (bicyclic) bond motifs is 1. The van der Waals surface area contributed by atoms with E-state index in [1.54, 1.807) is 11.0 Å². The first-order valence-corrected chi connectivity index (χ1v) is 7.64. The first-order valence-electron chi connectivity index (χ1n) is 5.82. The van der Waals surface area contributed by atoms with Crippen LogP contribution in [0.3, 0.4) is 0 Å². The summed E-state index contributed by atoms with van der Waals surface area (Å²) in [6.45, 7) is 6.03. The lowest BCUT2D eigenvalue weighted by molar-refractivity contribution is 0.112. The fraction of sp³-hybridized carbons (Fsp3) is 1.00. The average molecular weight is 231 g/mol. The molecule has 0 aromatic carbocycles. The van der Waals surface area contributed by atoms with E-state index >= 15 is 0 Å². The molecule has 2 fully saturated rings. The highest BCUT2D eigenvalue weighted by atomic mass is 33.1. The highest BCUT2D eigenvalue weighted by molar-refractivity contribution is 8.67. The van der Waals surface area contributed by atoms with E-state index in [1.165, 1.54) is 32.2 Å². The maximum absolute atomic E-state index is 4.37. The minimum absolute atomic E-state index is 0.832. The third kappa shape index (κ3) is 1.96. The maximum atomic E-state index is 4.37. The Morgan fingerprint density at radius 2 is 2.07 bits per heavy atom. The van der Waals surface area contributed by atoms with E-state index in [1.807, 2.05) is 0 Å². The molecule has 1 nitrogen and oxygen atoms in total.